The van der Waals surface area contributed by atoms with Gasteiger partial charge < -0.3 is 15.4 Å². The van der Waals surface area contributed by atoms with E-state index in [1.165, 1.54) is 11.3 Å². The van der Waals surface area contributed by atoms with E-state index in [0.29, 0.717) is 43.1 Å². The molecule has 0 bridgehead atoms. The fraction of sp³-hybridized carbons (Fsp3) is 0.500. The fourth-order valence-corrected chi connectivity index (χ4v) is 3.19. The Balaban J connectivity index is 2.11. The van der Waals surface area contributed by atoms with Gasteiger partial charge in [0.05, 0.1) is 25.1 Å². The lowest BCUT2D eigenvalue weighted by molar-refractivity contribution is -0.133. The van der Waals surface area contributed by atoms with Crippen LogP contribution in [0.15, 0.2) is 0 Å². The van der Waals surface area contributed by atoms with Crippen molar-refractivity contribution in [3.8, 4) is 6.07 Å². The smallest absolute Gasteiger partial charge is 0.225 e. The summed E-state index contributed by atoms with van der Waals surface area (Å²) in [5, 5.41) is 9.60. The van der Waals surface area contributed by atoms with Crippen molar-refractivity contribution in [2.75, 3.05) is 26.0 Å². The van der Waals surface area contributed by atoms with Gasteiger partial charge in [-0.25, -0.2) is 0 Å². The average Bonchev–Trinajstić information content (AvgIpc) is 2.69. The standard InChI is InChI=1S/C12H15N3O2S/c1-17-5-3-11(16)15-4-2-8-9(6-13)12(14)18-10(8)7-15/h2-5,7,14H2,1H3. The Bertz CT molecular complexity index is 504. The van der Waals surface area contributed by atoms with Gasteiger partial charge in [-0.05, 0) is 12.0 Å². The second-order valence-corrected chi connectivity index (χ2v) is 5.30. The summed E-state index contributed by atoms with van der Waals surface area (Å²) in [5.41, 5.74) is 7.43. The molecule has 0 atom stereocenters. The van der Waals surface area contributed by atoms with E-state index in [-0.39, 0.29) is 5.91 Å². The summed E-state index contributed by atoms with van der Waals surface area (Å²) < 4.78 is 4.91. The first-order chi connectivity index (χ1) is 8.67. The number of methoxy groups -OCH3 is 1. The zero-order valence-electron chi connectivity index (χ0n) is 10.2. The highest BCUT2D eigenvalue weighted by atomic mass is 32.1. The molecule has 2 heterocycles. The van der Waals surface area contributed by atoms with Gasteiger partial charge >= 0.3 is 0 Å². The molecule has 0 spiro atoms. The number of thiophene rings is 1. The van der Waals surface area contributed by atoms with Crippen LogP contribution in [0.5, 0.6) is 0 Å². The first kappa shape index (κ1) is 12.9. The summed E-state index contributed by atoms with van der Waals surface area (Å²) >= 11 is 1.42. The molecule has 0 saturated carbocycles. The predicted octanol–water partition coefficient (Wildman–Crippen LogP) is 1.12. The molecule has 2 N–H and O–H groups in total. The number of hydrogen-bond acceptors (Lipinski definition) is 5. The number of nitriles is 1. The molecule has 96 valence electrons. The SMILES string of the molecule is COCCC(=O)N1CCc2c(sc(N)c2C#N)C1. The first-order valence-electron chi connectivity index (χ1n) is 5.74. The van der Waals surface area contributed by atoms with Crippen LogP contribution in [0.25, 0.3) is 0 Å². The second-order valence-electron chi connectivity index (χ2n) is 4.16. The van der Waals surface area contributed by atoms with Gasteiger partial charge in [0.15, 0.2) is 0 Å². The molecule has 1 aliphatic rings. The summed E-state index contributed by atoms with van der Waals surface area (Å²) in [6.07, 6.45) is 1.11. The van der Waals surface area contributed by atoms with E-state index in [2.05, 4.69) is 6.07 Å². The second kappa shape index (κ2) is 5.38. The Labute approximate surface area is 110 Å². The number of ether oxygens (including phenoxy) is 1. The average molecular weight is 265 g/mol. The zero-order valence-corrected chi connectivity index (χ0v) is 11.0. The van der Waals surface area contributed by atoms with Crippen molar-refractivity contribution in [1.82, 2.24) is 4.90 Å². The van der Waals surface area contributed by atoms with E-state index in [1.807, 2.05) is 0 Å². The number of rotatable bonds is 3. The van der Waals surface area contributed by atoms with Crippen molar-refractivity contribution < 1.29 is 9.53 Å². The molecule has 1 aliphatic heterocycles. The lowest BCUT2D eigenvalue weighted by Crippen LogP contribution is -2.35. The monoisotopic (exact) mass is 265 g/mol. The predicted molar refractivity (Wildman–Crippen MR) is 69.1 cm³/mol. The topological polar surface area (TPSA) is 79.3 Å². The number of nitrogens with two attached hydrogens (primary N) is 1. The van der Waals surface area contributed by atoms with Crippen LogP contribution in [0.3, 0.4) is 0 Å². The Hall–Kier alpha value is -1.58. The molecule has 0 radical (unpaired) electrons. The molecule has 0 fully saturated rings. The van der Waals surface area contributed by atoms with Gasteiger partial charge in [-0.15, -0.1) is 11.3 Å². The lowest BCUT2D eigenvalue weighted by atomic mass is 10.0. The summed E-state index contributed by atoms with van der Waals surface area (Å²) in [5.74, 6) is 0.0907. The van der Waals surface area contributed by atoms with Crippen molar-refractivity contribution >= 4 is 22.2 Å². The normalized spacial score (nSPS) is 14.1. The van der Waals surface area contributed by atoms with E-state index in [9.17, 15) is 4.79 Å². The molecule has 5 nitrogen and oxygen atoms in total. The molecule has 0 unspecified atom stereocenters. The largest absolute Gasteiger partial charge is 0.389 e. The molecular formula is C12H15N3O2S. The van der Waals surface area contributed by atoms with E-state index < -0.39 is 0 Å². The van der Waals surface area contributed by atoms with Crippen LogP contribution in [-0.4, -0.2) is 31.1 Å². The van der Waals surface area contributed by atoms with Crippen LogP contribution >= 0.6 is 11.3 Å². The lowest BCUT2D eigenvalue weighted by Gasteiger charge is -2.27. The minimum Gasteiger partial charge on any atom is -0.389 e. The van der Waals surface area contributed by atoms with Crippen LogP contribution in [0.2, 0.25) is 0 Å². The highest BCUT2D eigenvalue weighted by molar-refractivity contribution is 7.16. The van der Waals surface area contributed by atoms with Gasteiger partial charge in [0, 0.05) is 18.5 Å². The molecule has 1 amide bonds. The molecule has 6 heteroatoms. The van der Waals surface area contributed by atoms with Crippen LogP contribution < -0.4 is 5.73 Å². The van der Waals surface area contributed by atoms with Gasteiger partial charge in [0.25, 0.3) is 0 Å². The number of carbonyl (C=O) groups is 1. The summed E-state index contributed by atoms with van der Waals surface area (Å²) in [4.78, 5) is 14.7. The molecule has 2 rings (SSSR count). The third-order valence-corrected chi connectivity index (χ3v) is 4.11. The number of fused-ring (bicyclic) bond motifs is 1. The van der Waals surface area contributed by atoms with E-state index in [1.54, 1.807) is 12.0 Å². The first-order valence-corrected chi connectivity index (χ1v) is 6.55. The molecule has 0 saturated heterocycles. The number of carbonyl (C=O) groups excluding carboxylic acids is 1. The van der Waals surface area contributed by atoms with Crippen LogP contribution in [0.4, 0.5) is 5.00 Å². The summed E-state index contributed by atoms with van der Waals surface area (Å²) in [6, 6.07) is 2.14. The zero-order chi connectivity index (χ0) is 13.1. The van der Waals surface area contributed by atoms with Gasteiger partial charge in [0.1, 0.15) is 11.1 Å². The van der Waals surface area contributed by atoms with Gasteiger partial charge in [-0.3, -0.25) is 4.79 Å². The van der Waals surface area contributed by atoms with Crippen molar-refractivity contribution in [2.24, 2.45) is 0 Å². The maximum absolute atomic E-state index is 11.9. The molecule has 18 heavy (non-hydrogen) atoms. The fourth-order valence-electron chi connectivity index (χ4n) is 2.11. The molecule has 0 aliphatic carbocycles. The highest BCUT2D eigenvalue weighted by Crippen LogP contribution is 2.34. The van der Waals surface area contributed by atoms with Gasteiger partial charge in [-0.2, -0.15) is 5.26 Å². The summed E-state index contributed by atoms with van der Waals surface area (Å²) in [7, 11) is 1.58. The third-order valence-electron chi connectivity index (χ3n) is 3.07. The van der Waals surface area contributed by atoms with Crippen LogP contribution in [-0.2, 0) is 22.5 Å². The maximum Gasteiger partial charge on any atom is 0.225 e. The highest BCUT2D eigenvalue weighted by Gasteiger charge is 2.25. The maximum atomic E-state index is 11.9. The number of hydrogen-bond donors (Lipinski definition) is 1. The Kier molecular flexibility index (Phi) is 3.84. The van der Waals surface area contributed by atoms with Crippen LogP contribution in [0.1, 0.15) is 22.4 Å². The molecule has 1 aromatic heterocycles. The van der Waals surface area contributed by atoms with Crippen molar-refractivity contribution in [3.05, 3.63) is 16.0 Å². The van der Waals surface area contributed by atoms with Gasteiger partial charge in [0.2, 0.25) is 5.91 Å². The Morgan fingerprint density at radius 2 is 2.44 bits per heavy atom. The van der Waals surface area contributed by atoms with Crippen molar-refractivity contribution in [1.29, 1.82) is 5.26 Å². The number of anilines is 1. The van der Waals surface area contributed by atoms with Gasteiger partial charge in [-0.1, -0.05) is 0 Å². The van der Waals surface area contributed by atoms with E-state index in [0.717, 1.165) is 10.4 Å². The number of nitrogen functional groups attached to an aromatic ring is 1. The van der Waals surface area contributed by atoms with Crippen LogP contribution in [0, 0.1) is 11.3 Å². The minimum absolute atomic E-state index is 0.0907. The van der Waals surface area contributed by atoms with E-state index in [4.69, 9.17) is 15.7 Å². The third kappa shape index (κ3) is 2.33. The molecular weight excluding hydrogens is 250 g/mol. The number of nitrogens with zero attached hydrogens (tertiary/aromatic N) is 2. The quantitative estimate of drug-likeness (QED) is 0.888. The Morgan fingerprint density at radius 1 is 1.67 bits per heavy atom. The minimum atomic E-state index is 0.0907. The van der Waals surface area contributed by atoms with Crippen molar-refractivity contribution in [2.45, 2.75) is 19.4 Å². The molecule has 0 aromatic carbocycles. The summed E-state index contributed by atoms with van der Waals surface area (Å²) in [6.45, 7) is 1.66. The van der Waals surface area contributed by atoms with Crippen molar-refractivity contribution in [3.63, 3.8) is 0 Å². The van der Waals surface area contributed by atoms with E-state index >= 15 is 0 Å². The number of amides is 1. The molecule has 1 aromatic rings. The Morgan fingerprint density at radius 3 is 3.11 bits per heavy atom.